The molecule has 1 aliphatic rings. The molecule has 6 nitrogen and oxygen atoms in total. The molecule has 0 aromatic rings. The standard InChI is InChI=1S/C11H17NO5/c1-11(2,3)17-10(16)12-7(6-13)4-5-8(12)9(14)15/h6-8H,4-5H2,1-3H3,(H,14,15)/t7?,8-/m0/s1. The zero-order chi connectivity index (χ0) is 13.2. The number of carboxylic acids is 1. The molecule has 0 bridgehead atoms. The lowest BCUT2D eigenvalue weighted by Crippen LogP contribution is -2.47. The van der Waals surface area contributed by atoms with Gasteiger partial charge in [0.15, 0.2) is 0 Å². The second kappa shape index (κ2) is 4.73. The maximum atomic E-state index is 11.8. The SMILES string of the molecule is CC(C)(C)OC(=O)N1C(C=O)CC[C@H]1C(=O)O. The predicted molar refractivity (Wildman–Crippen MR) is 58.6 cm³/mol. The van der Waals surface area contributed by atoms with Gasteiger partial charge in [-0.05, 0) is 33.6 Å². The van der Waals surface area contributed by atoms with Crippen LogP contribution in [-0.4, -0.2) is 46.0 Å². The van der Waals surface area contributed by atoms with Crippen molar-refractivity contribution in [2.24, 2.45) is 0 Å². The van der Waals surface area contributed by atoms with Crippen LogP contribution in [0.5, 0.6) is 0 Å². The van der Waals surface area contributed by atoms with E-state index in [-0.39, 0.29) is 6.42 Å². The molecule has 96 valence electrons. The largest absolute Gasteiger partial charge is 0.480 e. The van der Waals surface area contributed by atoms with Crippen LogP contribution in [0.3, 0.4) is 0 Å². The molecule has 1 aliphatic heterocycles. The van der Waals surface area contributed by atoms with Gasteiger partial charge in [0, 0.05) is 0 Å². The first-order valence-corrected chi connectivity index (χ1v) is 5.45. The Bertz CT molecular complexity index is 333. The smallest absolute Gasteiger partial charge is 0.411 e. The van der Waals surface area contributed by atoms with E-state index >= 15 is 0 Å². The molecule has 0 spiro atoms. The number of aldehydes is 1. The lowest BCUT2D eigenvalue weighted by molar-refractivity contribution is -0.142. The quantitative estimate of drug-likeness (QED) is 0.732. The molecular weight excluding hydrogens is 226 g/mol. The monoisotopic (exact) mass is 243 g/mol. The second-order valence-electron chi connectivity index (χ2n) is 5.02. The highest BCUT2D eigenvalue weighted by Crippen LogP contribution is 2.25. The highest BCUT2D eigenvalue weighted by atomic mass is 16.6. The van der Waals surface area contributed by atoms with Crippen molar-refractivity contribution in [3.8, 4) is 0 Å². The summed E-state index contributed by atoms with van der Waals surface area (Å²) in [7, 11) is 0. The van der Waals surface area contributed by atoms with Crippen LogP contribution in [-0.2, 0) is 14.3 Å². The van der Waals surface area contributed by atoms with Gasteiger partial charge in [-0.2, -0.15) is 0 Å². The maximum Gasteiger partial charge on any atom is 0.411 e. The lowest BCUT2D eigenvalue weighted by Gasteiger charge is -2.28. The number of carbonyl (C=O) groups excluding carboxylic acids is 2. The summed E-state index contributed by atoms with van der Waals surface area (Å²) < 4.78 is 5.10. The van der Waals surface area contributed by atoms with Crippen LogP contribution in [0.2, 0.25) is 0 Å². The van der Waals surface area contributed by atoms with Gasteiger partial charge in [-0.25, -0.2) is 9.59 Å². The third kappa shape index (κ3) is 3.18. The zero-order valence-electron chi connectivity index (χ0n) is 10.2. The summed E-state index contributed by atoms with van der Waals surface area (Å²) in [5.41, 5.74) is -0.712. The molecule has 0 saturated carbocycles. The predicted octanol–water partition coefficient (Wildman–Crippen LogP) is 1.04. The van der Waals surface area contributed by atoms with Crippen LogP contribution in [0.15, 0.2) is 0 Å². The minimum absolute atomic E-state index is 0.276. The van der Waals surface area contributed by atoms with Gasteiger partial charge in [-0.15, -0.1) is 0 Å². The van der Waals surface area contributed by atoms with E-state index in [0.717, 1.165) is 4.90 Å². The number of carbonyl (C=O) groups is 3. The van der Waals surface area contributed by atoms with Crippen molar-refractivity contribution < 1.29 is 24.2 Å². The number of rotatable bonds is 2. The molecule has 2 atom stereocenters. The Morgan fingerprint density at radius 1 is 1.35 bits per heavy atom. The van der Waals surface area contributed by atoms with Gasteiger partial charge in [-0.3, -0.25) is 4.90 Å². The van der Waals surface area contributed by atoms with Crippen LogP contribution >= 0.6 is 0 Å². The fourth-order valence-electron chi connectivity index (χ4n) is 1.79. The summed E-state index contributed by atoms with van der Waals surface area (Å²) >= 11 is 0. The summed E-state index contributed by atoms with van der Waals surface area (Å²) in [6, 6.07) is -1.68. The molecule has 1 N–H and O–H groups in total. The van der Waals surface area contributed by atoms with Gasteiger partial charge >= 0.3 is 12.1 Å². The first kappa shape index (κ1) is 13.5. The molecule has 1 saturated heterocycles. The third-order valence-electron chi connectivity index (χ3n) is 2.48. The molecular formula is C11H17NO5. The van der Waals surface area contributed by atoms with E-state index in [9.17, 15) is 14.4 Å². The van der Waals surface area contributed by atoms with E-state index in [1.165, 1.54) is 0 Å². The number of ether oxygens (including phenoxy) is 1. The van der Waals surface area contributed by atoms with Gasteiger partial charge in [0.05, 0.1) is 6.04 Å². The van der Waals surface area contributed by atoms with Gasteiger partial charge in [0.2, 0.25) is 0 Å². The molecule has 1 amide bonds. The molecule has 1 heterocycles. The molecule has 0 aliphatic carbocycles. The molecule has 1 fully saturated rings. The topological polar surface area (TPSA) is 83.9 Å². The summed E-state index contributed by atoms with van der Waals surface area (Å²) in [4.78, 5) is 34.6. The van der Waals surface area contributed by atoms with Crippen molar-refractivity contribution in [2.45, 2.75) is 51.3 Å². The molecule has 0 radical (unpaired) electrons. The summed E-state index contributed by atoms with van der Waals surface area (Å²) in [5.74, 6) is -1.11. The second-order valence-corrected chi connectivity index (χ2v) is 5.02. The summed E-state index contributed by atoms with van der Waals surface area (Å²) in [6.07, 6.45) is 0.476. The summed E-state index contributed by atoms with van der Waals surface area (Å²) in [5, 5.41) is 8.98. The number of hydrogen-bond donors (Lipinski definition) is 1. The van der Waals surface area contributed by atoms with Gasteiger partial charge in [0.25, 0.3) is 0 Å². The zero-order valence-corrected chi connectivity index (χ0v) is 10.2. The Labute approximate surface area is 99.5 Å². The van der Waals surface area contributed by atoms with E-state index in [1.807, 2.05) is 0 Å². The number of hydrogen-bond acceptors (Lipinski definition) is 4. The Kier molecular flexibility index (Phi) is 3.75. The minimum atomic E-state index is -1.11. The average Bonchev–Trinajstić information content (AvgIpc) is 2.57. The van der Waals surface area contributed by atoms with Crippen molar-refractivity contribution in [1.82, 2.24) is 4.90 Å². The number of carboxylic acid groups (broad SMARTS) is 1. The Morgan fingerprint density at radius 3 is 2.35 bits per heavy atom. The molecule has 0 aromatic heterocycles. The van der Waals surface area contributed by atoms with Gasteiger partial charge in [-0.1, -0.05) is 0 Å². The van der Waals surface area contributed by atoms with Crippen molar-refractivity contribution in [1.29, 1.82) is 0 Å². The molecule has 6 heteroatoms. The maximum absolute atomic E-state index is 11.8. The Hall–Kier alpha value is -1.59. The van der Waals surface area contributed by atoms with Crippen LogP contribution in [0.1, 0.15) is 33.6 Å². The molecule has 17 heavy (non-hydrogen) atoms. The van der Waals surface area contributed by atoms with Crippen LogP contribution < -0.4 is 0 Å². The fourth-order valence-corrected chi connectivity index (χ4v) is 1.79. The number of aliphatic carboxylic acids is 1. The van der Waals surface area contributed by atoms with Crippen molar-refractivity contribution in [3.05, 3.63) is 0 Å². The van der Waals surface area contributed by atoms with E-state index in [0.29, 0.717) is 12.7 Å². The highest BCUT2D eigenvalue weighted by Gasteiger charge is 2.42. The Morgan fingerprint density at radius 2 is 1.94 bits per heavy atom. The van der Waals surface area contributed by atoms with E-state index in [2.05, 4.69) is 0 Å². The number of likely N-dealkylation sites (tertiary alicyclic amines) is 1. The molecule has 1 rings (SSSR count). The first-order chi connectivity index (χ1) is 7.76. The third-order valence-corrected chi connectivity index (χ3v) is 2.48. The number of nitrogens with zero attached hydrogens (tertiary/aromatic N) is 1. The molecule has 0 aromatic carbocycles. The minimum Gasteiger partial charge on any atom is -0.480 e. The van der Waals surface area contributed by atoms with E-state index in [4.69, 9.17) is 9.84 Å². The van der Waals surface area contributed by atoms with Crippen molar-refractivity contribution in [2.75, 3.05) is 0 Å². The highest BCUT2D eigenvalue weighted by molar-refractivity contribution is 5.84. The normalized spacial score (nSPS) is 24.5. The van der Waals surface area contributed by atoms with Crippen LogP contribution in [0, 0.1) is 0 Å². The van der Waals surface area contributed by atoms with E-state index in [1.54, 1.807) is 20.8 Å². The lowest BCUT2D eigenvalue weighted by atomic mass is 10.2. The van der Waals surface area contributed by atoms with Crippen molar-refractivity contribution in [3.63, 3.8) is 0 Å². The van der Waals surface area contributed by atoms with Crippen molar-refractivity contribution >= 4 is 18.3 Å². The van der Waals surface area contributed by atoms with Gasteiger partial charge in [0.1, 0.15) is 17.9 Å². The number of amides is 1. The first-order valence-electron chi connectivity index (χ1n) is 5.45. The van der Waals surface area contributed by atoms with Crippen LogP contribution in [0.25, 0.3) is 0 Å². The fraction of sp³-hybridized carbons (Fsp3) is 0.727. The summed E-state index contributed by atoms with van der Waals surface area (Å²) in [6.45, 7) is 5.06. The average molecular weight is 243 g/mol. The van der Waals surface area contributed by atoms with E-state index < -0.39 is 29.7 Å². The van der Waals surface area contributed by atoms with Gasteiger partial charge < -0.3 is 14.6 Å². The Balaban J connectivity index is 2.85. The molecule has 1 unspecified atom stereocenters. The van der Waals surface area contributed by atoms with Crippen LogP contribution in [0.4, 0.5) is 4.79 Å².